The summed E-state index contributed by atoms with van der Waals surface area (Å²) in [4.78, 5) is 11.8. The van der Waals surface area contributed by atoms with Gasteiger partial charge in [0.2, 0.25) is 11.2 Å². The largest absolute Gasteiger partial charge is 0.494 e. The fourth-order valence-corrected chi connectivity index (χ4v) is 1.63. The highest BCUT2D eigenvalue weighted by Gasteiger charge is 2.04. The number of hydrogen-bond acceptors (Lipinski definition) is 6. The van der Waals surface area contributed by atoms with Gasteiger partial charge < -0.3 is 14.8 Å². The van der Waals surface area contributed by atoms with Gasteiger partial charge in [0.25, 0.3) is 0 Å². The molecule has 0 atom stereocenters. The lowest BCUT2D eigenvalue weighted by molar-refractivity contribution is 0.315. The molecule has 0 aliphatic carbocycles. The van der Waals surface area contributed by atoms with Crippen LogP contribution in [0, 0.1) is 0 Å². The lowest BCUT2D eigenvalue weighted by Crippen LogP contribution is -2.10. The molecule has 0 bridgehead atoms. The van der Waals surface area contributed by atoms with Crippen molar-refractivity contribution >= 4 is 17.5 Å². The Labute approximate surface area is 122 Å². The molecule has 0 aliphatic heterocycles. The number of methoxy groups -OCH3 is 1. The van der Waals surface area contributed by atoms with Crippen LogP contribution in [0.1, 0.15) is 6.42 Å². The summed E-state index contributed by atoms with van der Waals surface area (Å²) in [5.74, 6) is 1.25. The second kappa shape index (κ2) is 7.49. The topological polar surface area (TPSA) is 69.2 Å². The first-order valence-electron chi connectivity index (χ1n) is 6.15. The van der Waals surface area contributed by atoms with Crippen LogP contribution in [0.5, 0.6) is 11.8 Å². The predicted octanol–water partition coefficient (Wildman–Crippen LogP) is 2.41. The van der Waals surface area contributed by atoms with Crippen molar-refractivity contribution < 1.29 is 9.47 Å². The van der Waals surface area contributed by atoms with Crippen molar-refractivity contribution in [2.45, 2.75) is 6.42 Å². The predicted molar refractivity (Wildman–Crippen MR) is 76.4 cm³/mol. The van der Waals surface area contributed by atoms with Gasteiger partial charge in [-0.2, -0.15) is 15.0 Å². The lowest BCUT2D eigenvalue weighted by Gasteiger charge is -2.07. The molecule has 1 heterocycles. The first kappa shape index (κ1) is 14.3. The third-order valence-corrected chi connectivity index (χ3v) is 2.56. The quantitative estimate of drug-likeness (QED) is 0.791. The minimum Gasteiger partial charge on any atom is -0.494 e. The minimum atomic E-state index is 0.0971. The van der Waals surface area contributed by atoms with Gasteiger partial charge >= 0.3 is 6.01 Å². The van der Waals surface area contributed by atoms with Gasteiger partial charge in [0.1, 0.15) is 5.75 Å². The van der Waals surface area contributed by atoms with E-state index in [0.717, 1.165) is 12.2 Å². The number of aromatic nitrogens is 3. The van der Waals surface area contributed by atoms with Crippen molar-refractivity contribution in [1.29, 1.82) is 0 Å². The van der Waals surface area contributed by atoms with Crippen LogP contribution in [0.4, 0.5) is 5.95 Å². The first-order chi connectivity index (χ1) is 9.78. The van der Waals surface area contributed by atoms with E-state index >= 15 is 0 Å². The highest BCUT2D eigenvalue weighted by molar-refractivity contribution is 6.28. The first-order valence-corrected chi connectivity index (χ1v) is 6.53. The van der Waals surface area contributed by atoms with Crippen LogP contribution in [0.2, 0.25) is 5.28 Å². The molecule has 0 spiro atoms. The van der Waals surface area contributed by atoms with Gasteiger partial charge in [0.05, 0.1) is 13.7 Å². The number of benzene rings is 1. The molecule has 2 rings (SSSR count). The summed E-state index contributed by atoms with van der Waals surface area (Å²) in [7, 11) is 1.48. The summed E-state index contributed by atoms with van der Waals surface area (Å²) in [6.07, 6.45) is 0.806. The Morgan fingerprint density at radius 1 is 1.15 bits per heavy atom. The van der Waals surface area contributed by atoms with Crippen LogP contribution in [0.15, 0.2) is 30.3 Å². The molecule has 1 aromatic heterocycles. The van der Waals surface area contributed by atoms with E-state index in [-0.39, 0.29) is 11.3 Å². The molecule has 0 saturated carbocycles. The van der Waals surface area contributed by atoms with Crippen LogP contribution in [-0.4, -0.2) is 35.2 Å². The highest BCUT2D eigenvalue weighted by atomic mass is 35.5. The number of para-hydroxylation sites is 1. The fourth-order valence-electron chi connectivity index (χ4n) is 1.48. The zero-order chi connectivity index (χ0) is 14.2. The average molecular weight is 295 g/mol. The third-order valence-electron chi connectivity index (χ3n) is 2.39. The van der Waals surface area contributed by atoms with Crippen molar-refractivity contribution in [1.82, 2.24) is 15.0 Å². The summed E-state index contributed by atoms with van der Waals surface area (Å²) < 4.78 is 10.5. The van der Waals surface area contributed by atoms with Crippen molar-refractivity contribution in [3.63, 3.8) is 0 Å². The second-order valence-corrected chi connectivity index (χ2v) is 4.19. The van der Waals surface area contributed by atoms with E-state index < -0.39 is 0 Å². The molecule has 1 N–H and O–H groups in total. The van der Waals surface area contributed by atoms with Crippen LogP contribution in [0.3, 0.4) is 0 Å². The molecule has 0 unspecified atom stereocenters. The monoisotopic (exact) mass is 294 g/mol. The number of anilines is 1. The third kappa shape index (κ3) is 4.55. The molecule has 0 radical (unpaired) electrons. The minimum absolute atomic E-state index is 0.0971. The van der Waals surface area contributed by atoms with Gasteiger partial charge in [-0.3, -0.25) is 0 Å². The van der Waals surface area contributed by atoms with Crippen LogP contribution in [-0.2, 0) is 0 Å². The van der Waals surface area contributed by atoms with E-state index in [1.54, 1.807) is 0 Å². The van der Waals surface area contributed by atoms with Crippen LogP contribution >= 0.6 is 11.6 Å². The Morgan fingerprint density at radius 3 is 2.70 bits per heavy atom. The highest BCUT2D eigenvalue weighted by Crippen LogP contribution is 2.11. The van der Waals surface area contributed by atoms with Crippen molar-refractivity contribution in [3.05, 3.63) is 35.6 Å². The Bertz CT molecular complexity index is 539. The average Bonchev–Trinajstić information content (AvgIpc) is 2.47. The molecule has 7 heteroatoms. The number of hydrogen-bond donors (Lipinski definition) is 1. The molecule has 1 aromatic carbocycles. The molecule has 106 valence electrons. The molecule has 0 amide bonds. The fraction of sp³-hybridized carbons (Fsp3) is 0.308. The Hall–Kier alpha value is -2.08. The standard InChI is InChI=1S/C13H15ClN4O2/c1-19-13-17-11(14)16-12(18-13)15-8-5-9-20-10-6-3-2-4-7-10/h2-4,6-7H,5,8-9H2,1H3,(H,15,16,17,18). The van der Waals surface area contributed by atoms with E-state index in [2.05, 4.69) is 20.3 Å². The van der Waals surface area contributed by atoms with Gasteiger partial charge in [-0.15, -0.1) is 0 Å². The number of halogens is 1. The molecular formula is C13H15ClN4O2. The van der Waals surface area contributed by atoms with Gasteiger partial charge in [-0.25, -0.2) is 0 Å². The molecule has 0 aliphatic rings. The number of nitrogens with one attached hydrogen (secondary N) is 1. The smallest absolute Gasteiger partial charge is 0.322 e. The molecule has 0 saturated heterocycles. The SMILES string of the molecule is COc1nc(Cl)nc(NCCCOc2ccccc2)n1. The zero-order valence-corrected chi connectivity index (χ0v) is 11.8. The normalized spacial score (nSPS) is 10.1. The Morgan fingerprint density at radius 2 is 1.95 bits per heavy atom. The Kier molecular flexibility index (Phi) is 5.37. The van der Waals surface area contributed by atoms with Gasteiger partial charge in [-0.1, -0.05) is 18.2 Å². The molecule has 2 aromatic rings. The van der Waals surface area contributed by atoms with Crippen LogP contribution < -0.4 is 14.8 Å². The lowest BCUT2D eigenvalue weighted by atomic mass is 10.3. The number of rotatable bonds is 7. The summed E-state index contributed by atoms with van der Waals surface area (Å²) >= 11 is 5.74. The number of ether oxygens (including phenoxy) is 2. The zero-order valence-electron chi connectivity index (χ0n) is 11.0. The second-order valence-electron chi connectivity index (χ2n) is 3.86. The van der Waals surface area contributed by atoms with Crippen molar-refractivity contribution in [3.8, 4) is 11.8 Å². The Balaban J connectivity index is 1.72. The summed E-state index contributed by atoms with van der Waals surface area (Å²) in [5.41, 5.74) is 0. The molecule has 6 nitrogen and oxygen atoms in total. The van der Waals surface area contributed by atoms with Crippen molar-refractivity contribution in [2.75, 3.05) is 25.6 Å². The van der Waals surface area contributed by atoms with E-state index in [0.29, 0.717) is 19.1 Å². The van der Waals surface area contributed by atoms with Crippen LogP contribution in [0.25, 0.3) is 0 Å². The van der Waals surface area contributed by atoms with E-state index in [9.17, 15) is 0 Å². The van der Waals surface area contributed by atoms with E-state index in [1.807, 2.05) is 30.3 Å². The maximum atomic E-state index is 5.74. The molecule has 20 heavy (non-hydrogen) atoms. The maximum Gasteiger partial charge on any atom is 0.322 e. The van der Waals surface area contributed by atoms with Gasteiger partial charge in [-0.05, 0) is 30.2 Å². The van der Waals surface area contributed by atoms with E-state index in [4.69, 9.17) is 21.1 Å². The van der Waals surface area contributed by atoms with Gasteiger partial charge in [0.15, 0.2) is 0 Å². The number of nitrogens with zero attached hydrogens (tertiary/aromatic N) is 3. The van der Waals surface area contributed by atoms with Crippen molar-refractivity contribution in [2.24, 2.45) is 0 Å². The summed E-state index contributed by atoms with van der Waals surface area (Å²) in [5, 5.41) is 3.14. The maximum absolute atomic E-state index is 5.74. The van der Waals surface area contributed by atoms with E-state index in [1.165, 1.54) is 7.11 Å². The molecule has 0 fully saturated rings. The summed E-state index contributed by atoms with van der Waals surface area (Å²) in [6.45, 7) is 1.27. The summed E-state index contributed by atoms with van der Waals surface area (Å²) in [6, 6.07) is 9.85. The van der Waals surface area contributed by atoms with Gasteiger partial charge in [0, 0.05) is 6.54 Å². The molecular weight excluding hydrogens is 280 g/mol.